The van der Waals surface area contributed by atoms with Crippen LogP contribution >= 0.6 is 0 Å². The van der Waals surface area contributed by atoms with Crippen molar-refractivity contribution in [3.63, 3.8) is 0 Å². The van der Waals surface area contributed by atoms with Crippen molar-refractivity contribution in [3.8, 4) is 0 Å². The van der Waals surface area contributed by atoms with Crippen molar-refractivity contribution in [2.75, 3.05) is 26.4 Å². The van der Waals surface area contributed by atoms with Crippen LogP contribution < -0.4 is 0 Å². The summed E-state index contributed by atoms with van der Waals surface area (Å²) >= 11 is 0. The Balaban J connectivity index is 1.04. The highest BCUT2D eigenvalue weighted by molar-refractivity contribution is 5.21. The minimum Gasteiger partial charge on any atom is -0.394 e. The van der Waals surface area contributed by atoms with Crippen LogP contribution in [0.25, 0.3) is 0 Å². The summed E-state index contributed by atoms with van der Waals surface area (Å²) in [5.74, 6) is -0.639. The van der Waals surface area contributed by atoms with E-state index >= 15 is 0 Å². The zero-order valence-corrected chi connectivity index (χ0v) is 44.5. The molecule has 0 bridgehead atoms. The number of aliphatic hydroxyl groups is 15. The van der Waals surface area contributed by atoms with Gasteiger partial charge in [0.05, 0.1) is 50.8 Å². The second-order valence-electron chi connectivity index (χ2n) is 25.5. The second kappa shape index (κ2) is 22.3. The van der Waals surface area contributed by atoms with Crippen LogP contribution in [0.3, 0.4) is 0 Å². The monoisotopic (exact) mass is 1080 g/mol. The molecule has 8 fully saturated rings. The minimum atomic E-state index is -1.82. The molecule has 8 rings (SSSR count). The van der Waals surface area contributed by atoms with Crippen molar-refractivity contribution in [2.24, 2.45) is 50.7 Å². The lowest BCUT2D eigenvalue weighted by Crippen LogP contribution is -2.68. The lowest BCUT2D eigenvalue weighted by molar-refractivity contribution is -0.378. The third-order valence-corrected chi connectivity index (χ3v) is 21.2. The highest BCUT2D eigenvalue weighted by atomic mass is 16.8. The first kappa shape index (κ1) is 60.0. The van der Waals surface area contributed by atoms with Gasteiger partial charge in [-0.1, -0.05) is 53.7 Å². The summed E-state index contributed by atoms with van der Waals surface area (Å²) in [5, 5.41) is 164. The molecule has 22 heteroatoms. The van der Waals surface area contributed by atoms with E-state index in [0.717, 1.165) is 12.8 Å². The number of ether oxygens (including phenoxy) is 7. The smallest absolute Gasteiger partial charge is 0.187 e. The molecule has 0 aromatic heterocycles. The average molecular weight is 1080 g/mol. The van der Waals surface area contributed by atoms with Crippen LogP contribution in [-0.4, -0.2) is 238 Å². The molecular formula is C53H90O22. The second-order valence-corrected chi connectivity index (χ2v) is 25.5. The van der Waals surface area contributed by atoms with E-state index in [4.69, 9.17) is 33.2 Å². The van der Waals surface area contributed by atoms with Gasteiger partial charge in [-0.05, 0) is 115 Å². The molecule has 4 aliphatic carbocycles. The maximum Gasteiger partial charge on any atom is 0.187 e. The number of hydrogen-bond donors (Lipinski definition) is 15. The topological polar surface area (TPSA) is 368 Å². The van der Waals surface area contributed by atoms with Crippen LogP contribution in [0.2, 0.25) is 0 Å². The third kappa shape index (κ3) is 10.1. The SMILES string of the molecule is C=C(C)C(O)CC[C@](C)([C@@H]1O[C@H](CO[C@@H]2OC[C@@H](O)[C@H](O)[C@H]2O)[C@@H](O)[C@H](O)[C@H]1O)[C@H]1CC[C@]2(C)[C@@H]1[C@H](O)C[C@@H]1[C@@]3(C)CC[C@H](O[C@@H]4O[C@H](CO)[C@@H](O)[C@H](O)[C@H]4O[C@@H]4O[C@H](CO)[C@@H](O)[C@H](O)[C@H]4O)C(C)(C)[C@@H]3CC[C@]12C. The van der Waals surface area contributed by atoms with E-state index < -0.39 is 171 Å². The van der Waals surface area contributed by atoms with Gasteiger partial charge in [0.2, 0.25) is 0 Å². The summed E-state index contributed by atoms with van der Waals surface area (Å²) in [6.45, 7) is 16.6. The van der Waals surface area contributed by atoms with Gasteiger partial charge in [-0.3, -0.25) is 0 Å². The Morgan fingerprint density at radius 1 is 0.627 bits per heavy atom. The largest absolute Gasteiger partial charge is 0.394 e. The van der Waals surface area contributed by atoms with Crippen LogP contribution in [0, 0.1) is 50.7 Å². The Labute approximate surface area is 439 Å². The van der Waals surface area contributed by atoms with E-state index in [1.165, 1.54) is 0 Å². The van der Waals surface area contributed by atoms with Gasteiger partial charge in [0, 0.05) is 0 Å². The predicted molar refractivity (Wildman–Crippen MR) is 260 cm³/mol. The molecule has 434 valence electrons. The van der Waals surface area contributed by atoms with Gasteiger partial charge >= 0.3 is 0 Å². The average Bonchev–Trinajstić information content (AvgIpc) is 3.75. The quantitative estimate of drug-likeness (QED) is 0.0605. The number of fused-ring (bicyclic) bond motifs is 5. The standard InChI is InChI=1S/C53H90O22/c1-22(2)24(56)10-13-50(5,45-41(66)38(63)37(62)29(71-45)21-70-46-42(67)34(59)26(58)20-69-46)23-9-15-53(8)33(23)25(57)17-31-51(6)14-12-32(49(3,4)30(51)11-16-52(31,53)7)74-48-44(40(65)36(61)28(19-55)73-48)75-47-43(68)39(64)35(60)27(18-54)72-47/h23-48,54-68H,1,9-21H2,2-8H3/t23-,24?,25+,26+,27+,28+,29+,30-,31+,32-,33-,34-,35+,36+,37+,38-,39-,40-,41+,42+,43+,44+,45+,46-,47-,48-,50-,51-,52+,53+/m0/s1. The Hall–Kier alpha value is -1.14. The number of hydrogen-bond acceptors (Lipinski definition) is 22. The molecule has 22 nitrogen and oxygen atoms in total. The molecule has 4 saturated carbocycles. The van der Waals surface area contributed by atoms with Crippen molar-refractivity contribution < 1.29 is 110 Å². The summed E-state index contributed by atoms with van der Waals surface area (Å²) in [6, 6.07) is 0. The first-order valence-corrected chi connectivity index (χ1v) is 27.3. The van der Waals surface area contributed by atoms with Crippen molar-refractivity contribution in [3.05, 3.63) is 12.2 Å². The number of aliphatic hydroxyl groups excluding tert-OH is 15. The molecule has 75 heavy (non-hydrogen) atoms. The van der Waals surface area contributed by atoms with Crippen molar-refractivity contribution >= 4 is 0 Å². The van der Waals surface area contributed by atoms with Crippen LogP contribution in [0.15, 0.2) is 12.2 Å². The molecule has 15 N–H and O–H groups in total. The summed E-state index contributed by atoms with van der Waals surface area (Å²) < 4.78 is 42.4. The van der Waals surface area contributed by atoms with Crippen LogP contribution in [0.5, 0.6) is 0 Å². The van der Waals surface area contributed by atoms with Crippen LogP contribution in [-0.2, 0) is 33.2 Å². The molecule has 0 radical (unpaired) electrons. The lowest BCUT2D eigenvalue weighted by Gasteiger charge is -2.71. The molecular weight excluding hydrogens is 989 g/mol. The van der Waals surface area contributed by atoms with Crippen LogP contribution in [0.4, 0.5) is 0 Å². The third-order valence-electron chi connectivity index (χ3n) is 21.2. The maximum atomic E-state index is 12.9. The van der Waals surface area contributed by atoms with E-state index in [0.29, 0.717) is 37.7 Å². The van der Waals surface area contributed by atoms with E-state index in [-0.39, 0.29) is 54.0 Å². The zero-order chi connectivity index (χ0) is 55.2. The molecule has 0 aromatic rings. The van der Waals surface area contributed by atoms with Crippen molar-refractivity contribution in [1.82, 2.24) is 0 Å². The summed E-state index contributed by atoms with van der Waals surface area (Å²) in [4.78, 5) is 0. The normalized spacial score (nSPS) is 53.2. The fraction of sp³-hybridized carbons (Fsp3) is 0.962. The fourth-order valence-electron chi connectivity index (χ4n) is 16.5. The highest BCUT2D eigenvalue weighted by Gasteiger charge is 2.73. The van der Waals surface area contributed by atoms with Gasteiger partial charge in [-0.2, -0.15) is 0 Å². The zero-order valence-electron chi connectivity index (χ0n) is 44.5. The summed E-state index contributed by atoms with van der Waals surface area (Å²) in [6.07, 6.45) is -26.4. The Morgan fingerprint density at radius 3 is 1.85 bits per heavy atom. The molecule has 8 aliphatic rings. The summed E-state index contributed by atoms with van der Waals surface area (Å²) in [7, 11) is 0. The molecule has 4 aliphatic heterocycles. The Kier molecular flexibility index (Phi) is 17.8. The molecule has 4 saturated heterocycles. The van der Waals surface area contributed by atoms with Crippen LogP contribution in [0.1, 0.15) is 106 Å². The first-order valence-electron chi connectivity index (χ1n) is 27.3. The maximum absolute atomic E-state index is 12.9. The molecule has 1 unspecified atom stereocenters. The predicted octanol–water partition coefficient (Wildman–Crippen LogP) is -2.32. The van der Waals surface area contributed by atoms with E-state index in [1.54, 1.807) is 6.92 Å². The van der Waals surface area contributed by atoms with Crippen molar-refractivity contribution in [1.29, 1.82) is 0 Å². The molecule has 0 aromatic carbocycles. The van der Waals surface area contributed by atoms with Gasteiger partial charge in [0.25, 0.3) is 0 Å². The van der Waals surface area contributed by atoms with Crippen molar-refractivity contribution in [2.45, 2.75) is 241 Å². The number of rotatable bonds is 15. The van der Waals surface area contributed by atoms with Gasteiger partial charge in [0.15, 0.2) is 18.9 Å². The molecule has 0 amide bonds. The Morgan fingerprint density at radius 2 is 1.21 bits per heavy atom. The molecule has 30 atom stereocenters. The van der Waals surface area contributed by atoms with E-state index in [2.05, 4.69) is 41.2 Å². The van der Waals surface area contributed by atoms with Gasteiger partial charge in [-0.15, -0.1) is 0 Å². The van der Waals surface area contributed by atoms with E-state index in [1.807, 2.05) is 6.92 Å². The summed E-state index contributed by atoms with van der Waals surface area (Å²) in [5.41, 5.74) is -2.24. The fourth-order valence-corrected chi connectivity index (χ4v) is 16.5. The van der Waals surface area contributed by atoms with E-state index in [9.17, 15) is 76.6 Å². The van der Waals surface area contributed by atoms with Gasteiger partial charge in [-0.25, -0.2) is 0 Å². The Bertz CT molecular complexity index is 1950. The molecule has 4 heterocycles. The highest BCUT2D eigenvalue weighted by Crippen LogP contribution is 2.77. The lowest BCUT2D eigenvalue weighted by atomic mass is 9.35. The van der Waals surface area contributed by atoms with Gasteiger partial charge in [0.1, 0.15) is 91.6 Å². The minimum absolute atomic E-state index is 0.00594. The first-order chi connectivity index (χ1) is 35.0. The molecule has 0 spiro atoms. The van der Waals surface area contributed by atoms with Gasteiger partial charge < -0.3 is 110 Å².